The van der Waals surface area contributed by atoms with E-state index >= 15 is 0 Å². The van der Waals surface area contributed by atoms with Crippen molar-refractivity contribution in [3.05, 3.63) is 41.1 Å². The molecule has 0 atom stereocenters. The number of carbonyl (C=O) groups excluding carboxylic acids is 1. The van der Waals surface area contributed by atoms with Crippen molar-refractivity contribution in [2.24, 2.45) is 5.73 Å². The third-order valence-electron chi connectivity index (χ3n) is 3.13. The van der Waals surface area contributed by atoms with Crippen LogP contribution in [0.5, 0.6) is 0 Å². The topological polar surface area (TPSA) is 83.8 Å². The zero-order valence-corrected chi connectivity index (χ0v) is 11.2. The number of primary amides is 1. The van der Waals surface area contributed by atoms with Crippen LogP contribution in [-0.2, 0) is 11.3 Å². The number of rotatable bonds is 5. The van der Waals surface area contributed by atoms with E-state index < -0.39 is 0 Å². The third kappa shape index (κ3) is 3.20. The summed E-state index contributed by atoms with van der Waals surface area (Å²) in [6.07, 6.45) is 1.76. The van der Waals surface area contributed by atoms with Crippen LogP contribution in [0, 0.1) is 13.8 Å². The second kappa shape index (κ2) is 5.67. The highest BCUT2D eigenvalue weighted by Crippen LogP contribution is 2.23. The van der Waals surface area contributed by atoms with Gasteiger partial charge in [-0.05, 0) is 31.0 Å². The summed E-state index contributed by atoms with van der Waals surface area (Å²) in [6, 6.07) is 6.28. The average molecular weight is 258 g/mol. The molecule has 0 spiro atoms. The fourth-order valence-corrected chi connectivity index (χ4v) is 1.91. The molecule has 5 nitrogen and oxygen atoms in total. The molecule has 0 unspecified atom stereocenters. The molecule has 1 aromatic heterocycles. The first kappa shape index (κ1) is 13.3. The van der Waals surface area contributed by atoms with E-state index in [9.17, 15) is 4.79 Å². The monoisotopic (exact) mass is 258 g/mol. The summed E-state index contributed by atoms with van der Waals surface area (Å²) in [5.41, 5.74) is 10.7. The van der Waals surface area contributed by atoms with Gasteiger partial charge in [0.05, 0.1) is 18.4 Å². The Morgan fingerprint density at radius 3 is 2.84 bits per heavy atom. The number of nitrogens with zero attached hydrogens (tertiary/aromatic N) is 1. The number of hydrogen-bond acceptors (Lipinski definition) is 3. The average Bonchev–Trinajstić information content (AvgIpc) is 2.80. The van der Waals surface area contributed by atoms with Crippen molar-refractivity contribution in [1.29, 1.82) is 0 Å². The zero-order chi connectivity index (χ0) is 13.8. The molecular formula is C14H18N4O. The minimum absolute atomic E-state index is 0.164. The van der Waals surface area contributed by atoms with Gasteiger partial charge in [-0.25, -0.2) is 0 Å². The summed E-state index contributed by atoms with van der Waals surface area (Å²) < 4.78 is 0. The van der Waals surface area contributed by atoms with Crippen LogP contribution in [0.15, 0.2) is 24.4 Å². The maximum absolute atomic E-state index is 10.7. The normalized spacial score (nSPS) is 10.6. The first-order chi connectivity index (χ1) is 9.08. The Hall–Kier alpha value is -2.14. The van der Waals surface area contributed by atoms with E-state index in [2.05, 4.69) is 47.6 Å². The number of amides is 1. The highest BCUT2D eigenvalue weighted by atomic mass is 16.1. The van der Waals surface area contributed by atoms with Crippen LogP contribution in [-0.4, -0.2) is 22.6 Å². The fraction of sp³-hybridized carbons (Fsp3) is 0.286. The molecule has 0 aliphatic heterocycles. The number of nitrogens with one attached hydrogen (secondary N) is 2. The van der Waals surface area contributed by atoms with E-state index in [0.717, 1.165) is 16.8 Å². The van der Waals surface area contributed by atoms with Gasteiger partial charge >= 0.3 is 0 Å². The van der Waals surface area contributed by atoms with E-state index in [1.165, 1.54) is 11.1 Å². The summed E-state index contributed by atoms with van der Waals surface area (Å²) in [4.78, 5) is 10.7. The Morgan fingerprint density at radius 2 is 2.16 bits per heavy atom. The molecule has 1 amide bonds. The number of benzene rings is 1. The van der Waals surface area contributed by atoms with Crippen LogP contribution in [0.4, 0.5) is 0 Å². The largest absolute Gasteiger partial charge is 0.369 e. The van der Waals surface area contributed by atoms with Crippen molar-refractivity contribution in [3.8, 4) is 11.3 Å². The molecule has 1 aromatic carbocycles. The second-order valence-corrected chi connectivity index (χ2v) is 4.64. The number of aromatic amines is 1. The maximum Gasteiger partial charge on any atom is 0.231 e. The molecule has 19 heavy (non-hydrogen) atoms. The van der Waals surface area contributed by atoms with Gasteiger partial charge in [0.25, 0.3) is 0 Å². The summed E-state index contributed by atoms with van der Waals surface area (Å²) in [6.45, 7) is 4.89. The lowest BCUT2D eigenvalue weighted by Crippen LogP contribution is -2.28. The molecule has 2 aromatic rings. The summed E-state index contributed by atoms with van der Waals surface area (Å²) >= 11 is 0. The third-order valence-corrected chi connectivity index (χ3v) is 3.13. The molecule has 0 bridgehead atoms. The number of H-pyrrole nitrogens is 1. The Morgan fingerprint density at radius 1 is 1.37 bits per heavy atom. The Bertz CT molecular complexity index is 589. The smallest absolute Gasteiger partial charge is 0.231 e. The fourth-order valence-electron chi connectivity index (χ4n) is 1.91. The number of nitrogens with two attached hydrogens (primary N) is 1. The van der Waals surface area contributed by atoms with E-state index in [0.29, 0.717) is 6.54 Å². The molecule has 4 N–H and O–H groups in total. The van der Waals surface area contributed by atoms with Gasteiger partial charge in [0.1, 0.15) is 0 Å². The zero-order valence-electron chi connectivity index (χ0n) is 11.2. The van der Waals surface area contributed by atoms with Crippen molar-refractivity contribution in [2.75, 3.05) is 6.54 Å². The Labute approximate surface area is 112 Å². The Kier molecular flexibility index (Phi) is 3.97. The predicted octanol–water partition coefficient (Wildman–Crippen LogP) is 1.27. The minimum atomic E-state index is -0.365. The predicted molar refractivity (Wildman–Crippen MR) is 74.4 cm³/mol. The van der Waals surface area contributed by atoms with E-state index in [4.69, 9.17) is 5.73 Å². The van der Waals surface area contributed by atoms with Crippen LogP contribution < -0.4 is 11.1 Å². The van der Waals surface area contributed by atoms with Gasteiger partial charge in [0.15, 0.2) is 0 Å². The van der Waals surface area contributed by atoms with Crippen LogP contribution >= 0.6 is 0 Å². The van der Waals surface area contributed by atoms with Crippen molar-refractivity contribution < 1.29 is 4.79 Å². The van der Waals surface area contributed by atoms with Gasteiger partial charge < -0.3 is 11.1 Å². The van der Waals surface area contributed by atoms with Gasteiger partial charge in [-0.15, -0.1) is 0 Å². The molecule has 0 saturated carbocycles. The molecular weight excluding hydrogens is 240 g/mol. The van der Waals surface area contributed by atoms with Gasteiger partial charge in [-0.3, -0.25) is 9.89 Å². The first-order valence-corrected chi connectivity index (χ1v) is 6.17. The van der Waals surface area contributed by atoms with E-state index in [-0.39, 0.29) is 12.5 Å². The highest BCUT2D eigenvalue weighted by Gasteiger charge is 2.08. The van der Waals surface area contributed by atoms with Crippen LogP contribution in [0.2, 0.25) is 0 Å². The highest BCUT2D eigenvalue weighted by molar-refractivity contribution is 5.75. The van der Waals surface area contributed by atoms with Gasteiger partial charge in [-0.1, -0.05) is 12.1 Å². The minimum Gasteiger partial charge on any atom is -0.369 e. The van der Waals surface area contributed by atoms with E-state index in [1.54, 1.807) is 6.20 Å². The quantitative estimate of drug-likeness (QED) is 0.755. The van der Waals surface area contributed by atoms with E-state index in [1.807, 2.05) is 0 Å². The van der Waals surface area contributed by atoms with Crippen molar-refractivity contribution >= 4 is 5.91 Å². The summed E-state index contributed by atoms with van der Waals surface area (Å²) in [5.74, 6) is -0.365. The lowest BCUT2D eigenvalue weighted by Gasteiger charge is -2.07. The number of hydrogen-bond donors (Lipinski definition) is 3. The molecule has 0 saturated heterocycles. The molecule has 0 aliphatic carbocycles. The number of aryl methyl sites for hydroxylation is 2. The van der Waals surface area contributed by atoms with Crippen LogP contribution in [0.25, 0.3) is 11.3 Å². The number of carbonyl (C=O) groups is 1. The van der Waals surface area contributed by atoms with Crippen molar-refractivity contribution in [1.82, 2.24) is 15.5 Å². The van der Waals surface area contributed by atoms with Gasteiger partial charge in [0, 0.05) is 17.7 Å². The lowest BCUT2D eigenvalue weighted by molar-refractivity contribution is -0.117. The maximum atomic E-state index is 10.7. The van der Waals surface area contributed by atoms with Crippen LogP contribution in [0.3, 0.4) is 0 Å². The number of aromatic nitrogens is 2. The molecule has 0 aliphatic rings. The summed E-state index contributed by atoms with van der Waals surface area (Å²) in [7, 11) is 0. The molecule has 5 heteroatoms. The second-order valence-electron chi connectivity index (χ2n) is 4.64. The molecule has 0 radical (unpaired) electrons. The van der Waals surface area contributed by atoms with Gasteiger partial charge in [-0.2, -0.15) is 5.10 Å². The summed E-state index contributed by atoms with van der Waals surface area (Å²) in [5, 5.41) is 10.1. The van der Waals surface area contributed by atoms with Crippen molar-refractivity contribution in [2.45, 2.75) is 20.4 Å². The molecule has 1 heterocycles. The Balaban J connectivity index is 2.18. The standard InChI is InChI=1S/C14H18N4O/c1-9-3-4-11(5-10(9)2)14-12(7-17-18-14)6-16-8-13(15)19/h3-5,7,16H,6,8H2,1-2H3,(H2,15,19)(H,17,18). The van der Waals surface area contributed by atoms with Crippen LogP contribution in [0.1, 0.15) is 16.7 Å². The van der Waals surface area contributed by atoms with Crippen molar-refractivity contribution in [3.63, 3.8) is 0 Å². The SMILES string of the molecule is Cc1ccc(-c2[nH]ncc2CNCC(N)=O)cc1C. The molecule has 2 rings (SSSR count). The molecule has 0 fully saturated rings. The lowest BCUT2D eigenvalue weighted by atomic mass is 10.0. The molecule has 100 valence electrons. The first-order valence-electron chi connectivity index (χ1n) is 6.17. The van der Waals surface area contributed by atoms with Gasteiger partial charge in [0.2, 0.25) is 5.91 Å².